The van der Waals surface area contributed by atoms with Crippen LogP contribution in [0, 0.1) is 16.7 Å². The molecule has 1 heterocycles. The second-order valence-corrected chi connectivity index (χ2v) is 9.19. The molecule has 0 amide bonds. The quantitative estimate of drug-likeness (QED) is 0.751. The number of aliphatic hydroxyl groups excluding tert-OH is 1. The molecule has 2 aliphatic carbocycles. The zero-order chi connectivity index (χ0) is 16.3. The average molecular weight is 331 g/mol. The molecule has 3 unspecified atom stereocenters. The summed E-state index contributed by atoms with van der Waals surface area (Å²) in [5.74, 6) is 0.135. The fourth-order valence-electron chi connectivity index (χ4n) is 5.24. The van der Waals surface area contributed by atoms with Crippen LogP contribution in [0.4, 0.5) is 0 Å². The number of β-amino-alcohol motifs (C(OH)–C–C–N with tert-alkyl or cyclic N) is 1. The van der Waals surface area contributed by atoms with Gasteiger partial charge in [0.05, 0.1) is 11.5 Å². The van der Waals surface area contributed by atoms with Crippen molar-refractivity contribution in [1.29, 1.82) is 0 Å². The summed E-state index contributed by atoms with van der Waals surface area (Å²) < 4.78 is 34.4. The highest BCUT2D eigenvalue weighted by atomic mass is 32.2. The second kappa shape index (κ2) is 5.00. The summed E-state index contributed by atoms with van der Waals surface area (Å²) in [6, 6.07) is 0. The van der Waals surface area contributed by atoms with Gasteiger partial charge in [0, 0.05) is 13.0 Å². The van der Waals surface area contributed by atoms with Gasteiger partial charge in [-0.3, -0.25) is 14.2 Å². The van der Waals surface area contributed by atoms with E-state index in [4.69, 9.17) is 0 Å². The average Bonchev–Trinajstić information content (AvgIpc) is 2.72. The van der Waals surface area contributed by atoms with Crippen molar-refractivity contribution in [3.05, 3.63) is 0 Å². The fourth-order valence-corrected chi connectivity index (χ4v) is 6.87. The molecule has 0 aromatic heterocycles. The third-order valence-electron chi connectivity index (χ3n) is 6.45. The molecule has 2 N–H and O–H groups in total. The van der Waals surface area contributed by atoms with Gasteiger partial charge < -0.3 is 5.11 Å². The summed E-state index contributed by atoms with van der Waals surface area (Å²) in [7, 11) is -4.43. The number of carbonyl (C=O) groups excluding carboxylic acids is 1. The first kappa shape index (κ1) is 16.4. The standard InChI is InChI=1S/C15H25NO5S/c1-14(2)10-5-6-15(14,12(18)8-10)13(22(19,20)21)16-7-3-4-11(17)9-16/h10-11,13,17H,3-9H2,1-2H3,(H,19,20,21)/t10?,11-,13?,15?/m0/s1. The molecule has 2 bridgehead atoms. The van der Waals surface area contributed by atoms with Crippen molar-refractivity contribution in [1.82, 2.24) is 4.90 Å². The number of carbonyl (C=O) groups is 1. The number of aliphatic hydroxyl groups is 1. The lowest BCUT2D eigenvalue weighted by Crippen LogP contribution is -2.60. The van der Waals surface area contributed by atoms with E-state index in [2.05, 4.69) is 0 Å². The Morgan fingerprint density at radius 3 is 2.45 bits per heavy atom. The van der Waals surface area contributed by atoms with Crippen LogP contribution >= 0.6 is 0 Å². The van der Waals surface area contributed by atoms with Crippen molar-refractivity contribution in [2.24, 2.45) is 16.7 Å². The number of fused-ring (bicyclic) bond motifs is 2. The largest absolute Gasteiger partial charge is 0.392 e. The van der Waals surface area contributed by atoms with E-state index in [1.54, 1.807) is 4.90 Å². The van der Waals surface area contributed by atoms with E-state index in [-0.39, 0.29) is 18.2 Å². The predicted molar refractivity (Wildman–Crippen MR) is 80.7 cm³/mol. The molecule has 3 aliphatic rings. The summed E-state index contributed by atoms with van der Waals surface area (Å²) >= 11 is 0. The summed E-state index contributed by atoms with van der Waals surface area (Å²) in [5.41, 5.74) is -1.50. The number of nitrogens with zero attached hydrogens (tertiary/aromatic N) is 1. The van der Waals surface area contributed by atoms with Gasteiger partial charge in [0.15, 0.2) is 5.37 Å². The lowest BCUT2D eigenvalue weighted by Gasteiger charge is -2.47. The number of hydrogen-bond acceptors (Lipinski definition) is 5. The predicted octanol–water partition coefficient (Wildman–Crippen LogP) is 1.05. The molecule has 0 aromatic rings. The van der Waals surface area contributed by atoms with E-state index in [9.17, 15) is 22.9 Å². The zero-order valence-electron chi connectivity index (χ0n) is 13.2. The maximum atomic E-state index is 12.7. The maximum absolute atomic E-state index is 12.7. The highest BCUT2D eigenvalue weighted by molar-refractivity contribution is 7.86. The van der Waals surface area contributed by atoms with Gasteiger partial charge in [-0.05, 0) is 43.6 Å². The lowest BCUT2D eigenvalue weighted by molar-refractivity contribution is -0.133. The van der Waals surface area contributed by atoms with E-state index >= 15 is 0 Å². The van der Waals surface area contributed by atoms with Crippen molar-refractivity contribution < 1.29 is 22.9 Å². The number of likely N-dealkylation sites (tertiary alicyclic amines) is 1. The van der Waals surface area contributed by atoms with Crippen LogP contribution < -0.4 is 0 Å². The highest BCUT2D eigenvalue weighted by Gasteiger charge is 2.70. The third-order valence-corrected chi connectivity index (χ3v) is 7.71. The Morgan fingerprint density at radius 1 is 1.32 bits per heavy atom. The molecule has 0 aromatic carbocycles. The third kappa shape index (κ3) is 2.09. The smallest absolute Gasteiger partial charge is 0.282 e. The van der Waals surface area contributed by atoms with Gasteiger partial charge in [-0.1, -0.05) is 13.8 Å². The van der Waals surface area contributed by atoms with Gasteiger partial charge in [-0.15, -0.1) is 0 Å². The molecular formula is C15H25NO5S. The summed E-state index contributed by atoms with van der Waals surface area (Å²) in [5, 5.41) is 8.67. The molecule has 1 saturated heterocycles. The van der Waals surface area contributed by atoms with Crippen LogP contribution in [0.2, 0.25) is 0 Å². The van der Waals surface area contributed by atoms with Crippen molar-refractivity contribution >= 4 is 15.9 Å². The Bertz CT molecular complexity index is 587. The van der Waals surface area contributed by atoms with Gasteiger partial charge in [-0.2, -0.15) is 8.42 Å². The molecule has 22 heavy (non-hydrogen) atoms. The minimum atomic E-state index is -4.43. The van der Waals surface area contributed by atoms with Crippen LogP contribution in [0.1, 0.15) is 46.0 Å². The molecule has 7 heteroatoms. The van der Waals surface area contributed by atoms with E-state index in [1.165, 1.54) is 0 Å². The van der Waals surface area contributed by atoms with Crippen LogP contribution in [-0.4, -0.2) is 53.3 Å². The minimum absolute atomic E-state index is 0.0450. The Morgan fingerprint density at radius 2 is 2.00 bits per heavy atom. The molecule has 2 saturated carbocycles. The van der Waals surface area contributed by atoms with E-state index in [0.29, 0.717) is 32.2 Å². The van der Waals surface area contributed by atoms with Crippen molar-refractivity contribution in [2.45, 2.75) is 57.4 Å². The first-order valence-corrected chi connectivity index (χ1v) is 9.53. The van der Waals surface area contributed by atoms with Gasteiger partial charge in [0.1, 0.15) is 5.78 Å². The molecule has 1 aliphatic heterocycles. The highest BCUT2D eigenvalue weighted by Crippen LogP contribution is 2.66. The molecule has 126 valence electrons. The maximum Gasteiger partial charge on any atom is 0.282 e. The van der Waals surface area contributed by atoms with Gasteiger partial charge in [0.2, 0.25) is 0 Å². The van der Waals surface area contributed by atoms with Gasteiger partial charge >= 0.3 is 0 Å². The van der Waals surface area contributed by atoms with Crippen molar-refractivity contribution in [2.75, 3.05) is 13.1 Å². The normalized spacial score (nSPS) is 40.1. The Labute approximate surface area is 131 Å². The van der Waals surface area contributed by atoms with E-state index in [0.717, 1.165) is 6.42 Å². The molecular weight excluding hydrogens is 306 g/mol. The van der Waals surface area contributed by atoms with Crippen LogP contribution in [0.15, 0.2) is 0 Å². The van der Waals surface area contributed by atoms with Crippen molar-refractivity contribution in [3.8, 4) is 0 Å². The summed E-state index contributed by atoms with van der Waals surface area (Å²) in [4.78, 5) is 14.3. The Hall–Kier alpha value is -0.500. The molecule has 3 rings (SSSR count). The number of Topliss-reactive ketones (excluding diaryl/α,β-unsaturated/α-hetero) is 1. The minimum Gasteiger partial charge on any atom is -0.392 e. The van der Waals surface area contributed by atoms with Crippen LogP contribution in [0.5, 0.6) is 0 Å². The van der Waals surface area contributed by atoms with Gasteiger partial charge in [0.25, 0.3) is 10.1 Å². The van der Waals surface area contributed by atoms with Crippen LogP contribution in [0.25, 0.3) is 0 Å². The van der Waals surface area contributed by atoms with Crippen molar-refractivity contribution in [3.63, 3.8) is 0 Å². The first-order valence-electron chi connectivity index (χ1n) is 8.02. The molecule has 0 radical (unpaired) electrons. The Balaban J connectivity index is 2.08. The first-order chi connectivity index (χ1) is 10.1. The lowest BCUT2D eigenvalue weighted by atomic mass is 9.68. The number of piperidine rings is 1. The molecule has 3 fully saturated rings. The fraction of sp³-hybridized carbons (Fsp3) is 0.933. The zero-order valence-corrected chi connectivity index (χ0v) is 14.0. The monoisotopic (exact) mass is 331 g/mol. The summed E-state index contributed by atoms with van der Waals surface area (Å²) in [6.45, 7) is 4.58. The molecule has 4 atom stereocenters. The number of hydrogen-bond donors (Lipinski definition) is 2. The van der Waals surface area contributed by atoms with Crippen LogP contribution in [0.3, 0.4) is 0 Å². The van der Waals surface area contributed by atoms with Crippen LogP contribution in [-0.2, 0) is 14.9 Å². The number of ketones is 1. The second-order valence-electron chi connectivity index (χ2n) is 7.71. The topological polar surface area (TPSA) is 94.9 Å². The molecule has 0 spiro atoms. The van der Waals surface area contributed by atoms with E-state index in [1.807, 2.05) is 13.8 Å². The summed E-state index contributed by atoms with van der Waals surface area (Å²) in [6.07, 6.45) is 2.41. The Kier molecular flexibility index (Phi) is 3.72. The number of rotatable bonds is 3. The van der Waals surface area contributed by atoms with E-state index < -0.39 is 32.4 Å². The SMILES string of the molecule is CC1(C)C2CCC1(C(N1CCC[C@H](O)C1)S(=O)(=O)O)C(=O)C2. The molecule has 6 nitrogen and oxygen atoms in total. The van der Waals surface area contributed by atoms with Gasteiger partial charge in [-0.25, -0.2) is 0 Å².